The van der Waals surface area contributed by atoms with E-state index in [1.165, 1.54) is 12.1 Å². The summed E-state index contributed by atoms with van der Waals surface area (Å²) in [5.74, 6) is 1.41. The van der Waals surface area contributed by atoms with Gasteiger partial charge < -0.3 is 29.7 Å². The van der Waals surface area contributed by atoms with Crippen LogP contribution in [-0.2, 0) is 10.3 Å². The minimum atomic E-state index is -4.80. The van der Waals surface area contributed by atoms with Crippen LogP contribution in [-0.4, -0.2) is 48.5 Å². The van der Waals surface area contributed by atoms with E-state index in [2.05, 4.69) is 52.9 Å². The van der Waals surface area contributed by atoms with E-state index >= 15 is 0 Å². The molecule has 11 heteroatoms. The standard InChI is InChI=1S/C32H41F3N4O4/c1-22(2)20-39(21-23(3)4)18-19-41-31(5,6)26-10-7-8-12-28(26)42-29-27(11-9-17-36-29)38-30(40)37-24-13-15-25(16-14-24)43-32(33,34)35/h7-17,22-23H,18-21H2,1-6H3,(H2,37,38,40). The normalized spacial score (nSPS) is 12.1. The van der Waals surface area contributed by atoms with Crippen LogP contribution < -0.4 is 20.1 Å². The lowest BCUT2D eigenvalue weighted by atomic mass is 9.97. The summed E-state index contributed by atoms with van der Waals surface area (Å²) in [4.78, 5) is 19.4. The predicted molar refractivity (Wildman–Crippen MR) is 162 cm³/mol. The number of benzene rings is 2. The fourth-order valence-corrected chi connectivity index (χ4v) is 4.55. The van der Waals surface area contributed by atoms with E-state index in [4.69, 9.17) is 9.47 Å². The summed E-state index contributed by atoms with van der Waals surface area (Å²) in [6.45, 7) is 16.2. The van der Waals surface area contributed by atoms with E-state index in [1.807, 2.05) is 38.1 Å². The number of para-hydroxylation sites is 1. The number of anilines is 2. The van der Waals surface area contributed by atoms with Crippen molar-refractivity contribution < 1.29 is 32.2 Å². The molecule has 0 aliphatic rings. The summed E-state index contributed by atoms with van der Waals surface area (Å²) in [6, 6.07) is 14.9. The molecule has 0 spiro atoms. The van der Waals surface area contributed by atoms with Gasteiger partial charge >= 0.3 is 12.4 Å². The molecule has 0 radical (unpaired) electrons. The Morgan fingerprint density at radius 1 is 0.907 bits per heavy atom. The summed E-state index contributed by atoms with van der Waals surface area (Å²) in [5, 5.41) is 5.25. The second-order valence-electron chi connectivity index (χ2n) is 11.5. The molecule has 2 N–H and O–H groups in total. The van der Waals surface area contributed by atoms with E-state index in [9.17, 15) is 18.0 Å². The molecule has 43 heavy (non-hydrogen) atoms. The molecule has 0 aliphatic heterocycles. The molecular weight excluding hydrogens is 561 g/mol. The lowest BCUT2D eigenvalue weighted by Gasteiger charge is -2.31. The Morgan fingerprint density at radius 2 is 1.56 bits per heavy atom. The van der Waals surface area contributed by atoms with Crippen LogP contribution in [0.2, 0.25) is 0 Å². The van der Waals surface area contributed by atoms with Crippen LogP contribution in [0.15, 0.2) is 66.9 Å². The van der Waals surface area contributed by atoms with E-state index in [0.29, 0.717) is 29.9 Å². The monoisotopic (exact) mass is 602 g/mol. The molecule has 3 rings (SSSR count). The minimum absolute atomic E-state index is 0.162. The molecule has 234 valence electrons. The number of carbonyl (C=O) groups is 1. The van der Waals surface area contributed by atoms with Crippen molar-refractivity contribution in [3.05, 3.63) is 72.4 Å². The van der Waals surface area contributed by atoms with Crippen molar-refractivity contribution in [3.63, 3.8) is 0 Å². The van der Waals surface area contributed by atoms with Gasteiger partial charge in [-0.15, -0.1) is 13.2 Å². The highest BCUT2D eigenvalue weighted by atomic mass is 19.4. The Hall–Kier alpha value is -3.83. The molecule has 0 saturated heterocycles. The molecule has 1 heterocycles. The van der Waals surface area contributed by atoms with E-state index < -0.39 is 23.7 Å². The molecule has 0 unspecified atom stereocenters. The molecule has 0 aliphatic carbocycles. The molecular formula is C32H41F3N4O4. The fourth-order valence-electron chi connectivity index (χ4n) is 4.55. The van der Waals surface area contributed by atoms with Crippen LogP contribution in [0.4, 0.5) is 29.3 Å². The van der Waals surface area contributed by atoms with Crippen molar-refractivity contribution >= 4 is 17.4 Å². The first-order chi connectivity index (χ1) is 20.2. The van der Waals surface area contributed by atoms with Gasteiger partial charge in [0.1, 0.15) is 17.2 Å². The highest BCUT2D eigenvalue weighted by molar-refractivity contribution is 6.00. The Labute approximate surface area is 251 Å². The number of ether oxygens (including phenoxy) is 3. The van der Waals surface area contributed by atoms with Crippen molar-refractivity contribution in [1.29, 1.82) is 0 Å². The topological polar surface area (TPSA) is 85.0 Å². The zero-order chi connectivity index (χ0) is 31.6. The molecule has 0 atom stereocenters. The van der Waals surface area contributed by atoms with E-state index in [1.54, 1.807) is 18.3 Å². The van der Waals surface area contributed by atoms with Gasteiger partial charge in [0.2, 0.25) is 5.88 Å². The third-order valence-electron chi connectivity index (χ3n) is 6.22. The Morgan fingerprint density at radius 3 is 2.19 bits per heavy atom. The van der Waals surface area contributed by atoms with E-state index in [-0.39, 0.29) is 11.6 Å². The maximum Gasteiger partial charge on any atom is 0.573 e. The van der Waals surface area contributed by atoms with Crippen LogP contribution in [0.3, 0.4) is 0 Å². The summed E-state index contributed by atoms with van der Waals surface area (Å²) >= 11 is 0. The molecule has 2 amide bonds. The van der Waals surface area contributed by atoms with Crippen molar-refractivity contribution in [3.8, 4) is 17.4 Å². The number of amides is 2. The number of rotatable bonds is 14. The number of carbonyl (C=O) groups excluding carboxylic acids is 1. The number of pyridine rings is 1. The quantitative estimate of drug-likeness (QED) is 0.193. The Kier molecular flexibility index (Phi) is 11.8. The summed E-state index contributed by atoms with van der Waals surface area (Å²) in [7, 11) is 0. The van der Waals surface area contributed by atoms with Gasteiger partial charge in [-0.3, -0.25) is 0 Å². The number of nitrogens with zero attached hydrogens (tertiary/aromatic N) is 2. The number of halogens is 3. The molecule has 1 aromatic heterocycles. The van der Waals surface area contributed by atoms with Crippen LogP contribution in [0.1, 0.15) is 47.1 Å². The van der Waals surface area contributed by atoms with Crippen LogP contribution >= 0.6 is 0 Å². The highest BCUT2D eigenvalue weighted by Gasteiger charge is 2.31. The number of urea groups is 1. The molecule has 2 aromatic carbocycles. The van der Waals surface area contributed by atoms with Crippen molar-refractivity contribution in [2.24, 2.45) is 11.8 Å². The SMILES string of the molecule is CC(C)CN(CCOC(C)(C)c1ccccc1Oc1ncccc1NC(=O)Nc1ccc(OC(F)(F)F)cc1)CC(C)C. The Balaban J connectivity index is 1.68. The number of hydrogen-bond acceptors (Lipinski definition) is 6. The van der Waals surface area contributed by atoms with Gasteiger partial charge in [0.25, 0.3) is 0 Å². The van der Waals surface area contributed by atoms with Gasteiger partial charge in [-0.1, -0.05) is 45.9 Å². The average Bonchev–Trinajstić information content (AvgIpc) is 2.89. The van der Waals surface area contributed by atoms with Crippen LogP contribution in [0.25, 0.3) is 0 Å². The van der Waals surface area contributed by atoms with Gasteiger partial charge in [-0.05, 0) is 68.1 Å². The first kappa shape index (κ1) is 33.7. The first-order valence-corrected chi connectivity index (χ1v) is 14.2. The third-order valence-corrected chi connectivity index (χ3v) is 6.22. The summed E-state index contributed by atoms with van der Waals surface area (Å²) in [5.41, 5.74) is 0.697. The second kappa shape index (κ2) is 15.1. The molecule has 0 bridgehead atoms. The van der Waals surface area contributed by atoms with Crippen molar-refractivity contribution in [2.75, 3.05) is 36.9 Å². The molecule has 8 nitrogen and oxygen atoms in total. The van der Waals surface area contributed by atoms with Crippen LogP contribution in [0.5, 0.6) is 17.4 Å². The van der Waals surface area contributed by atoms with Gasteiger partial charge in [0.05, 0.1) is 12.2 Å². The highest BCUT2D eigenvalue weighted by Crippen LogP contribution is 2.36. The lowest BCUT2D eigenvalue weighted by molar-refractivity contribution is -0.274. The van der Waals surface area contributed by atoms with Gasteiger partial charge in [0.15, 0.2) is 0 Å². The van der Waals surface area contributed by atoms with Gasteiger partial charge in [-0.25, -0.2) is 9.78 Å². The number of nitrogens with one attached hydrogen (secondary N) is 2. The Bertz CT molecular complexity index is 1300. The summed E-state index contributed by atoms with van der Waals surface area (Å²) in [6.07, 6.45) is -3.26. The van der Waals surface area contributed by atoms with Crippen LogP contribution in [0, 0.1) is 11.8 Å². The average molecular weight is 603 g/mol. The number of hydrogen-bond donors (Lipinski definition) is 2. The maximum atomic E-state index is 12.7. The maximum absolute atomic E-state index is 12.7. The van der Waals surface area contributed by atoms with Gasteiger partial charge in [-0.2, -0.15) is 0 Å². The van der Waals surface area contributed by atoms with Crippen molar-refractivity contribution in [1.82, 2.24) is 9.88 Å². The zero-order valence-electron chi connectivity index (χ0n) is 25.5. The van der Waals surface area contributed by atoms with E-state index in [0.717, 1.165) is 37.3 Å². The van der Waals surface area contributed by atoms with Crippen molar-refractivity contribution in [2.45, 2.75) is 53.5 Å². The lowest BCUT2D eigenvalue weighted by Crippen LogP contribution is -2.36. The fraction of sp³-hybridized carbons (Fsp3) is 0.438. The molecule has 3 aromatic rings. The third kappa shape index (κ3) is 11.4. The zero-order valence-corrected chi connectivity index (χ0v) is 25.5. The second-order valence-corrected chi connectivity index (χ2v) is 11.5. The minimum Gasteiger partial charge on any atom is -0.437 e. The summed E-state index contributed by atoms with van der Waals surface area (Å²) < 4.78 is 53.7. The predicted octanol–water partition coefficient (Wildman–Crippen LogP) is 8.28. The van der Waals surface area contributed by atoms with Gasteiger partial charge in [0, 0.05) is 37.1 Å². The largest absolute Gasteiger partial charge is 0.573 e. The number of alkyl halides is 3. The first-order valence-electron chi connectivity index (χ1n) is 14.2. The molecule has 0 fully saturated rings. The number of aromatic nitrogens is 1. The molecule has 0 saturated carbocycles. The smallest absolute Gasteiger partial charge is 0.437 e.